The van der Waals surface area contributed by atoms with Gasteiger partial charge >= 0.3 is 0 Å². The van der Waals surface area contributed by atoms with Crippen LogP contribution in [0.25, 0.3) is 0 Å². The van der Waals surface area contributed by atoms with Crippen LogP contribution < -0.4 is 5.32 Å². The number of nitrogens with zero attached hydrogens (tertiary/aromatic N) is 1. The van der Waals surface area contributed by atoms with E-state index in [2.05, 4.69) is 5.32 Å². The van der Waals surface area contributed by atoms with Crippen molar-refractivity contribution in [2.75, 3.05) is 6.54 Å². The Morgan fingerprint density at radius 2 is 1.50 bits per heavy atom. The van der Waals surface area contributed by atoms with Gasteiger partial charge in [0.2, 0.25) is 0 Å². The number of benzene rings is 2. The van der Waals surface area contributed by atoms with E-state index in [1.54, 1.807) is 0 Å². The lowest BCUT2D eigenvalue weighted by molar-refractivity contribution is -0.0130. The molecule has 0 aromatic heterocycles. The van der Waals surface area contributed by atoms with E-state index >= 15 is 0 Å². The monoisotopic (exact) mass is 302 g/mol. The normalized spacial score (nSPS) is 26.0. The summed E-state index contributed by atoms with van der Waals surface area (Å²) in [6.07, 6.45) is -2.13. The third kappa shape index (κ3) is 3.70. The summed E-state index contributed by atoms with van der Waals surface area (Å²) in [4.78, 5) is 1.90. The maximum absolute atomic E-state index is 14.3. The summed E-state index contributed by atoms with van der Waals surface area (Å²) in [6.45, 7) is 0.758. The Labute approximate surface area is 129 Å². The van der Waals surface area contributed by atoms with E-state index < -0.39 is 12.6 Å². The topological polar surface area (TPSA) is 15.3 Å². The van der Waals surface area contributed by atoms with E-state index in [0.717, 1.165) is 11.1 Å². The molecule has 1 N–H and O–H groups in total. The molecule has 22 heavy (non-hydrogen) atoms. The van der Waals surface area contributed by atoms with E-state index in [9.17, 15) is 8.78 Å². The molecule has 3 rings (SSSR count). The molecule has 3 atom stereocenters. The highest BCUT2D eigenvalue weighted by molar-refractivity contribution is 5.18. The molecule has 1 heterocycles. The lowest BCUT2D eigenvalue weighted by Crippen LogP contribution is -2.59. The summed E-state index contributed by atoms with van der Waals surface area (Å²) >= 11 is 0. The molecule has 2 aromatic rings. The van der Waals surface area contributed by atoms with Crippen molar-refractivity contribution in [1.82, 2.24) is 10.2 Å². The number of hydrogen-bond donors (Lipinski definition) is 1. The number of piperazine rings is 1. The van der Waals surface area contributed by atoms with Crippen molar-refractivity contribution < 1.29 is 8.78 Å². The maximum Gasteiger partial charge on any atom is 0.169 e. The molecular weight excluding hydrogens is 282 g/mol. The minimum atomic E-state index is -1.37. The van der Waals surface area contributed by atoms with E-state index in [-0.39, 0.29) is 12.6 Å². The molecule has 1 fully saturated rings. The summed E-state index contributed by atoms with van der Waals surface area (Å²) in [5.41, 5.74) is 2.13. The van der Waals surface area contributed by atoms with Crippen molar-refractivity contribution in [3.05, 3.63) is 71.8 Å². The zero-order valence-electron chi connectivity index (χ0n) is 12.3. The van der Waals surface area contributed by atoms with Gasteiger partial charge in [0.1, 0.15) is 0 Å². The molecule has 0 bridgehead atoms. The van der Waals surface area contributed by atoms with E-state index in [4.69, 9.17) is 0 Å². The Kier molecular flexibility index (Phi) is 4.80. The summed E-state index contributed by atoms with van der Waals surface area (Å²) in [6, 6.07) is 19.2. The smallest absolute Gasteiger partial charge is 0.169 e. The van der Waals surface area contributed by atoms with Crippen LogP contribution in [0.4, 0.5) is 8.78 Å². The average Bonchev–Trinajstić information content (AvgIpc) is 2.53. The van der Waals surface area contributed by atoms with Crippen LogP contribution in [0.15, 0.2) is 60.7 Å². The van der Waals surface area contributed by atoms with Crippen LogP contribution in [0, 0.1) is 0 Å². The van der Waals surface area contributed by atoms with Crippen LogP contribution in [0.5, 0.6) is 0 Å². The van der Waals surface area contributed by atoms with Gasteiger partial charge in [0.25, 0.3) is 0 Å². The molecule has 2 nitrogen and oxygen atoms in total. The predicted octanol–water partition coefficient (Wildman–Crippen LogP) is 3.29. The molecular formula is C18H20F2N2. The third-order valence-electron chi connectivity index (χ3n) is 4.06. The second-order valence-electron chi connectivity index (χ2n) is 5.71. The molecule has 116 valence electrons. The number of halogens is 2. The maximum atomic E-state index is 14.3. The summed E-state index contributed by atoms with van der Waals surface area (Å²) in [5, 5.41) is 2.39. The molecule has 0 aliphatic carbocycles. The van der Waals surface area contributed by atoms with E-state index in [1.807, 2.05) is 65.6 Å². The molecule has 0 amide bonds. The molecule has 0 spiro atoms. The first-order valence-corrected chi connectivity index (χ1v) is 7.58. The van der Waals surface area contributed by atoms with Crippen LogP contribution in [-0.4, -0.2) is 30.1 Å². The van der Waals surface area contributed by atoms with Gasteiger partial charge in [-0.05, 0) is 17.5 Å². The highest BCUT2D eigenvalue weighted by Crippen LogP contribution is 2.21. The minimum Gasteiger partial charge on any atom is -0.287 e. The van der Waals surface area contributed by atoms with Gasteiger partial charge in [0.15, 0.2) is 12.6 Å². The first kappa shape index (κ1) is 15.1. The van der Waals surface area contributed by atoms with Gasteiger partial charge in [0.05, 0.1) is 6.04 Å². The van der Waals surface area contributed by atoms with Gasteiger partial charge < -0.3 is 0 Å². The molecule has 2 aromatic carbocycles. The number of rotatable bonds is 4. The molecule has 1 aliphatic rings. The van der Waals surface area contributed by atoms with Crippen LogP contribution in [-0.2, 0) is 13.0 Å². The zero-order valence-corrected chi connectivity index (χ0v) is 12.3. The van der Waals surface area contributed by atoms with Crippen LogP contribution in [0.2, 0.25) is 0 Å². The fraction of sp³-hybridized carbons (Fsp3) is 0.333. The Bertz CT molecular complexity index is 576. The van der Waals surface area contributed by atoms with E-state index in [1.165, 1.54) is 0 Å². The van der Waals surface area contributed by atoms with E-state index in [0.29, 0.717) is 13.0 Å². The average molecular weight is 302 g/mol. The summed E-state index contributed by atoms with van der Waals surface area (Å²) in [7, 11) is 0. The second kappa shape index (κ2) is 6.99. The van der Waals surface area contributed by atoms with Crippen molar-refractivity contribution >= 4 is 0 Å². The third-order valence-corrected chi connectivity index (χ3v) is 4.06. The van der Waals surface area contributed by atoms with Crippen LogP contribution >= 0.6 is 0 Å². The number of hydrogen-bond acceptors (Lipinski definition) is 2. The quantitative estimate of drug-likeness (QED) is 0.872. The van der Waals surface area contributed by atoms with Crippen LogP contribution in [0.1, 0.15) is 11.1 Å². The minimum absolute atomic E-state index is 0.201. The van der Waals surface area contributed by atoms with Gasteiger partial charge in [-0.15, -0.1) is 0 Å². The largest absolute Gasteiger partial charge is 0.287 e. The van der Waals surface area contributed by atoms with Gasteiger partial charge in [-0.25, -0.2) is 8.78 Å². The first-order valence-electron chi connectivity index (χ1n) is 7.58. The standard InChI is InChI=1S/C18H20F2N2/c19-17-13-22(12-15-9-5-2-6-10-15)16(18(20)21-17)11-14-7-3-1-4-8-14/h1-10,16-18,21H,11-13H2. The molecule has 3 unspecified atom stereocenters. The van der Waals surface area contributed by atoms with Gasteiger partial charge in [-0.2, -0.15) is 0 Å². The van der Waals surface area contributed by atoms with Crippen molar-refractivity contribution in [1.29, 1.82) is 0 Å². The fourth-order valence-electron chi connectivity index (χ4n) is 2.95. The van der Waals surface area contributed by atoms with Crippen molar-refractivity contribution in [2.45, 2.75) is 31.6 Å². The number of nitrogens with one attached hydrogen (secondary N) is 1. The van der Waals surface area contributed by atoms with Crippen LogP contribution in [0.3, 0.4) is 0 Å². The lowest BCUT2D eigenvalue weighted by atomic mass is 10.0. The Balaban J connectivity index is 1.77. The van der Waals surface area contributed by atoms with Crippen molar-refractivity contribution in [2.24, 2.45) is 0 Å². The molecule has 1 aliphatic heterocycles. The molecule has 0 saturated carbocycles. The Morgan fingerprint density at radius 3 is 2.14 bits per heavy atom. The second-order valence-corrected chi connectivity index (χ2v) is 5.71. The highest BCUT2D eigenvalue weighted by Gasteiger charge is 2.35. The molecule has 0 radical (unpaired) electrons. The Hall–Kier alpha value is -1.78. The summed E-state index contributed by atoms with van der Waals surface area (Å²) < 4.78 is 28.1. The van der Waals surface area contributed by atoms with Gasteiger partial charge in [-0.1, -0.05) is 60.7 Å². The highest BCUT2D eigenvalue weighted by atomic mass is 19.2. The molecule has 4 heteroatoms. The van der Waals surface area contributed by atoms with Gasteiger partial charge in [0, 0.05) is 13.1 Å². The number of alkyl halides is 2. The molecule has 1 saturated heterocycles. The zero-order chi connectivity index (χ0) is 15.4. The first-order chi connectivity index (χ1) is 10.7. The fourth-order valence-corrected chi connectivity index (χ4v) is 2.95. The SMILES string of the molecule is FC1CN(Cc2ccccc2)C(Cc2ccccc2)C(F)N1. The van der Waals surface area contributed by atoms with Crippen molar-refractivity contribution in [3.8, 4) is 0 Å². The van der Waals surface area contributed by atoms with Gasteiger partial charge in [-0.3, -0.25) is 10.2 Å². The lowest BCUT2D eigenvalue weighted by Gasteiger charge is -2.40. The Morgan fingerprint density at radius 1 is 0.909 bits per heavy atom. The van der Waals surface area contributed by atoms with Crippen molar-refractivity contribution in [3.63, 3.8) is 0 Å². The predicted molar refractivity (Wildman–Crippen MR) is 83.7 cm³/mol. The summed E-state index contributed by atoms with van der Waals surface area (Å²) in [5.74, 6) is 0.